The molecule has 1 aliphatic rings. The van der Waals surface area contributed by atoms with Crippen molar-refractivity contribution in [2.24, 2.45) is 5.73 Å². The molecule has 13 nitrogen and oxygen atoms in total. The molecule has 0 aliphatic heterocycles. The van der Waals surface area contributed by atoms with Crippen LogP contribution in [0.25, 0.3) is 0 Å². The summed E-state index contributed by atoms with van der Waals surface area (Å²) in [6.07, 6.45) is 2.53. The van der Waals surface area contributed by atoms with E-state index in [0.717, 1.165) is 5.69 Å². The number of nitrogens with zero attached hydrogens (tertiary/aromatic N) is 3. The Bertz CT molecular complexity index is 1150. The van der Waals surface area contributed by atoms with Crippen LogP contribution in [0.2, 0.25) is 0 Å². The Labute approximate surface area is 193 Å². The minimum absolute atomic E-state index is 0.0546. The fourth-order valence-corrected chi connectivity index (χ4v) is 3.81. The van der Waals surface area contributed by atoms with Crippen molar-refractivity contribution in [3.63, 3.8) is 0 Å². The summed E-state index contributed by atoms with van der Waals surface area (Å²) in [5.41, 5.74) is 6.01. The molecule has 0 radical (unpaired) electrons. The van der Waals surface area contributed by atoms with Crippen molar-refractivity contribution in [2.75, 3.05) is 0 Å². The number of carbonyl (C=O) groups is 2. The Kier molecular flexibility index (Phi) is 6.22. The number of carboxylic acid groups (broad SMARTS) is 1. The molecule has 34 heavy (non-hydrogen) atoms. The van der Waals surface area contributed by atoms with Gasteiger partial charge in [-0.1, -0.05) is 12.1 Å². The Morgan fingerprint density at radius 3 is 2.62 bits per heavy atom. The average molecular weight is 471 g/mol. The van der Waals surface area contributed by atoms with Crippen LogP contribution < -0.4 is 16.4 Å². The summed E-state index contributed by atoms with van der Waals surface area (Å²) in [5, 5.41) is 42.2. The SMILES string of the molecule is CC(O)[C@H](NC(=O)NC1(C(=O)O)CC1c1ccc(O)cc1)c1nnc([C@@H](N)Cc2cnc[nH]2)o1. The van der Waals surface area contributed by atoms with Crippen LogP contribution in [0.3, 0.4) is 0 Å². The number of carbonyl (C=O) groups excluding carboxylic acids is 1. The van der Waals surface area contributed by atoms with Crippen LogP contribution in [0.4, 0.5) is 4.79 Å². The van der Waals surface area contributed by atoms with Gasteiger partial charge in [0, 0.05) is 24.2 Å². The normalized spacial score (nSPS) is 21.9. The number of phenols is 1. The molecule has 0 saturated heterocycles. The number of phenolic OH excluding ortho intramolecular Hbond substituents is 1. The van der Waals surface area contributed by atoms with E-state index in [9.17, 15) is 24.9 Å². The molecule has 1 aliphatic carbocycles. The number of rotatable bonds is 9. The Morgan fingerprint density at radius 1 is 1.29 bits per heavy atom. The van der Waals surface area contributed by atoms with Crippen molar-refractivity contribution in [2.45, 2.75) is 49.4 Å². The topological polar surface area (TPSA) is 213 Å². The number of hydrogen-bond donors (Lipinski definition) is 7. The number of carboxylic acids is 1. The summed E-state index contributed by atoms with van der Waals surface area (Å²) in [5.74, 6) is -1.58. The third kappa shape index (κ3) is 4.70. The van der Waals surface area contributed by atoms with Gasteiger partial charge in [0.2, 0.25) is 11.8 Å². The number of benzene rings is 1. The Hall–Kier alpha value is -3.97. The van der Waals surface area contributed by atoms with Crippen LogP contribution in [0.1, 0.15) is 54.4 Å². The molecule has 0 spiro atoms. The van der Waals surface area contributed by atoms with E-state index < -0.39 is 41.6 Å². The summed E-state index contributed by atoms with van der Waals surface area (Å²) in [4.78, 5) is 31.5. The van der Waals surface area contributed by atoms with Crippen LogP contribution in [0.15, 0.2) is 41.2 Å². The van der Waals surface area contributed by atoms with Gasteiger partial charge in [-0.05, 0) is 31.0 Å². The van der Waals surface area contributed by atoms with E-state index in [4.69, 9.17) is 10.2 Å². The smallest absolute Gasteiger partial charge is 0.330 e. The predicted octanol–water partition coefficient (Wildman–Crippen LogP) is 0.473. The Balaban J connectivity index is 1.43. The lowest BCUT2D eigenvalue weighted by Crippen LogP contribution is -2.51. The summed E-state index contributed by atoms with van der Waals surface area (Å²) in [7, 11) is 0. The number of nitrogens with two attached hydrogens (primary N) is 1. The van der Waals surface area contributed by atoms with Crippen LogP contribution in [-0.2, 0) is 11.2 Å². The van der Waals surface area contributed by atoms with E-state index in [0.29, 0.717) is 12.0 Å². The number of imidazole rings is 1. The molecule has 3 unspecified atom stereocenters. The molecule has 180 valence electrons. The minimum Gasteiger partial charge on any atom is -0.508 e. The maximum atomic E-state index is 12.7. The highest BCUT2D eigenvalue weighted by Crippen LogP contribution is 2.51. The summed E-state index contributed by atoms with van der Waals surface area (Å²) >= 11 is 0. The first kappa shape index (κ1) is 23.2. The molecular formula is C21H25N7O6. The largest absolute Gasteiger partial charge is 0.508 e. The van der Waals surface area contributed by atoms with E-state index in [1.807, 2.05) is 0 Å². The van der Waals surface area contributed by atoms with Gasteiger partial charge in [0.05, 0.1) is 18.5 Å². The number of aromatic nitrogens is 4. The first-order valence-electron chi connectivity index (χ1n) is 10.5. The van der Waals surface area contributed by atoms with Gasteiger partial charge in [0.1, 0.15) is 17.3 Å². The van der Waals surface area contributed by atoms with Crippen LogP contribution in [0, 0.1) is 0 Å². The van der Waals surface area contributed by atoms with Crippen molar-refractivity contribution in [1.82, 2.24) is 30.8 Å². The third-order valence-corrected chi connectivity index (χ3v) is 5.78. The molecular weight excluding hydrogens is 446 g/mol. The number of aliphatic hydroxyl groups excluding tert-OH is 1. The predicted molar refractivity (Wildman–Crippen MR) is 115 cm³/mol. The number of nitrogens with one attached hydrogen (secondary N) is 3. The molecule has 3 aromatic rings. The van der Waals surface area contributed by atoms with E-state index in [1.165, 1.54) is 25.4 Å². The number of aromatic hydroxyl groups is 1. The molecule has 1 aromatic carbocycles. The fraction of sp³-hybridized carbons (Fsp3) is 0.381. The van der Waals surface area contributed by atoms with Gasteiger partial charge >= 0.3 is 12.0 Å². The van der Waals surface area contributed by atoms with E-state index in [-0.39, 0.29) is 24.0 Å². The molecule has 2 heterocycles. The lowest BCUT2D eigenvalue weighted by molar-refractivity contribution is -0.140. The van der Waals surface area contributed by atoms with Gasteiger partial charge in [-0.25, -0.2) is 14.6 Å². The second-order valence-corrected chi connectivity index (χ2v) is 8.31. The van der Waals surface area contributed by atoms with E-state index >= 15 is 0 Å². The highest BCUT2D eigenvalue weighted by atomic mass is 16.4. The van der Waals surface area contributed by atoms with Gasteiger partial charge in [-0.15, -0.1) is 10.2 Å². The van der Waals surface area contributed by atoms with Crippen LogP contribution >= 0.6 is 0 Å². The highest BCUT2D eigenvalue weighted by Gasteiger charge is 2.62. The first-order chi connectivity index (χ1) is 16.2. The second kappa shape index (κ2) is 9.11. The second-order valence-electron chi connectivity index (χ2n) is 8.31. The molecule has 8 N–H and O–H groups in total. The quantitative estimate of drug-likeness (QED) is 0.229. The van der Waals surface area contributed by atoms with Crippen molar-refractivity contribution in [3.05, 3.63) is 59.8 Å². The number of aliphatic carboxylic acids is 1. The van der Waals surface area contributed by atoms with Crippen molar-refractivity contribution in [3.8, 4) is 5.75 Å². The molecule has 0 bridgehead atoms. The zero-order valence-corrected chi connectivity index (χ0v) is 18.2. The zero-order valence-electron chi connectivity index (χ0n) is 18.2. The lowest BCUT2D eigenvalue weighted by Gasteiger charge is -2.21. The molecule has 2 amide bonds. The maximum Gasteiger partial charge on any atom is 0.330 e. The number of aromatic amines is 1. The summed E-state index contributed by atoms with van der Waals surface area (Å²) < 4.78 is 5.59. The third-order valence-electron chi connectivity index (χ3n) is 5.78. The Morgan fingerprint density at radius 2 is 2.00 bits per heavy atom. The van der Waals surface area contributed by atoms with Crippen molar-refractivity contribution in [1.29, 1.82) is 0 Å². The first-order valence-corrected chi connectivity index (χ1v) is 10.5. The number of urea groups is 1. The molecule has 4 rings (SSSR count). The standard InChI is InChI=1S/C21H25N7O6/c1-10(29)16(18-28-27-17(34-18)15(22)6-12-8-23-9-24-12)25-20(33)26-21(19(31)32)7-14(21)11-2-4-13(30)5-3-11/h2-5,8-10,14-16,29-30H,6-7,22H2,1H3,(H,23,24)(H,31,32)(H2,25,26,33)/t10?,14?,15-,16-,21?/m0/s1. The molecule has 13 heteroatoms. The number of hydrogen-bond acceptors (Lipinski definition) is 9. The highest BCUT2D eigenvalue weighted by molar-refractivity contribution is 5.91. The minimum atomic E-state index is -1.52. The summed E-state index contributed by atoms with van der Waals surface area (Å²) in [6, 6.07) is 3.55. The van der Waals surface area contributed by atoms with Gasteiger partial charge < -0.3 is 41.1 Å². The maximum absolute atomic E-state index is 12.7. The molecule has 5 atom stereocenters. The fourth-order valence-electron chi connectivity index (χ4n) is 3.81. The van der Waals surface area contributed by atoms with Gasteiger partial charge in [-0.3, -0.25) is 0 Å². The molecule has 2 aromatic heterocycles. The molecule has 1 fully saturated rings. The van der Waals surface area contributed by atoms with Gasteiger partial charge in [0.25, 0.3) is 0 Å². The van der Waals surface area contributed by atoms with Crippen LogP contribution in [-0.4, -0.2) is 59.1 Å². The van der Waals surface area contributed by atoms with Crippen LogP contribution in [0.5, 0.6) is 5.75 Å². The van der Waals surface area contributed by atoms with E-state index in [1.54, 1.807) is 18.3 Å². The summed E-state index contributed by atoms with van der Waals surface area (Å²) in [6.45, 7) is 1.42. The van der Waals surface area contributed by atoms with Gasteiger partial charge in [-0.2, -0.15) is 0 Å². The van der Waals surface area contributed by atoms with E-state index in [2.05, 4.69) is 30.8 Å². The average Bonchev–Trinajstić information content (AvgIpc) is 3.13. The number of H-pyrrole nitrogens is 1. The lowest BCUT2D eigenvalue weighted by atomic mass is 10.1. The van der Waals surface area contributed by atoms with Gasteiger partial charge in [0.15, 0.2) is 0 Å². The van der Waals surface area contributed by atoms with Crippen molar-refractivity contribution < 1.29 is 29.3 Å². The monoisotopic (exact) mass is 471 g/mol. The zero-order chi connectivity index (χ0) is 24.5. The number of amides is 2. The number of aliphatic hydroxyl groups is 1. The van der Waals surface area contributed by atoms with Crippen molar-refractivity contribution >= 4 is 12.0 Å². The molecule has 1 saturated carbocycles.